The van der Waals surface area contributed by atoms with Crippen LogP contribution in [-0.4, -0.2) is 67.0 Å². The molecule has 28 heavy (non-hydrogen) atoms. The number of nitrogens with one attached hydrogen (secondary N) is 1. The molecule has 1 aliphatic heterocycles. The SMILES string of the molecule is Cc1nn(C)c2nc(-c3ccncc3)nc(NCCN3CCCC[C@@H]3CO)c12. The third kappa shape index (κ3) is 3.70. The smallest absolute Gasteiger partial charge is 0.164 e. The molecule has 0 amide bonds. The Morgan fingerprint density at radius 2 is 2.04 bits per heavy atom. The fourth-order valence-electron chi connectivity index (χ4n) is 3.98. The van der Waals surface area contributed by atoms with Crippen LogP contribution in [0.3, 0.4) is 0 Å². The standard InChI is InChI=1S/C20H27N7O/c1-14-17-19(22-10-12-27-11-4-3-5-16(27)13-28)23-18(15-6-8-21-9-7-15)24-20(17)26(2)25-14/h6-9,16,28H,3-5,10-13H2,1-2H3,(H,22,23,24)/t16-/m1/s1. The molecule has 1 atom stereocenters. The normalized spacial score (nSPS) is 17.9. The minimum Gasteiger partial charge on any atom is -0.395 e. The van der Waals surface area contributed by atoms with E-state index in [1.807, 2.05) is 26.1 Å². The van der Waals surface area contributed by atoms with Gasteiger partial charge >= 0.3 is 0 Å². The Morgan fingerprint density at radius 3 is 2.82 bits per heavy atom. The van der Waals surface area contributed by atoms with Crippen LogP contribution < -0.4 is 5.32 Å². The topological polar surface area (TPSA) is 92.0 Å². The average molecular weight is 381 g/mol. The highest BCUT2D eigenvalue weighted by atomic mass is 16.3. The Hall–Kier alpha value is -2.58. The van der Waals surface area contributed by atoms with Gasteiger partial charge in [0.05, 0.1) is 17.7 Å². The number of hydrogen-bond acceptors (Lipinski definition) is 7. The van der Waals surface area contributed by atoms with Gasteiger partial charge in [-0.3, -0.25) is 14.6 Å². The van der Waals surface area contributed by atoms with Gasteiger partial charge in [-0.2, -0.15) is 5.10 Å². The summed E-state index contributed by atoms with van der Waals surface area (Å²) in [5.74, 6) is 1.46. The summed E-state index contributed by atoms with van der Waals surface area (Å²) in [6.07, 6.45) is 6.96. The molecule has 4 rings (SSSR count). The van der Waals surface area contributed by atoms with E-state index < -0.39 is 0 Å². The van der Waals surface area contributed by atoms with Crippen LogP contribution in [0.4, 0.5) is 5.82 Å². The molecule has 1 saturated heterocycles. The van der Waals surface area contributed by atoms with Gasteiger partial charge in [0.1, 0.15) is 5.82 Å². The van der Waals surface area contributed by atoms with E-state index in [2.05, 4.69) is 20.3 Å². The molecule has 0 spiro atoms. The lowest BCUT2D eigenvalue weighted by Gasteiger charge is -2.34. The quantitative estimate of drug-likeness (QED) is 0.675. The molecule has 0 radical (unpaired) electrons. The molecule has 3 aromatic heterocycles. The zero-order valence-electron chi connectivity index (χ0n) is 16.5. The van der Waals surface area contributed by atoms with Crippen molar-refractivity contribution in [2.24, 2.45) is 7.05 Å². The van der Waals surface area contributed by atoms with Crippen LogP contribution in [0.5, 0.6) is 0 Å². The van der Waals surface area contributed by atoms with E-state index in [1.54, 1.807) is 17.1 Å². The van der Waals surface area contributed by atoms with Gasteiger partial charge in [0.15, 0.2) is 11.5 Å². The van der Waals surface area contributed by atoms with Gasteiger partial charge in [-0.05, 0) is 38.4 Å². The van der Waals surface area contributed by atoms with Crippen molar-refractivity contribution in [1.29, 1.82) is 0 Å². The Balaban J connectivity index is 1.60. The third-order valence-corrected chi connectivity index (χ3v) is 5.45. The first-order valence-corrected chi connectivity index (χ1v) is 9.88. The summed E-state index contributed by atoms with van der Waals surface area (Å²) >= 11 is 0. The molecule has 1 aliphatic rings. The first kappa shape index (κ1) is 18.8. The zero-order chi connectivity index (χ0) is 19.5. The van der Waals surface area contributed by atoms with Gasteiger partial charge in [-0.1, -0.05) is 6.42 Å². The molecule has 0 aromatic carbocycles. The summed E-state index contributed by atoms with van der Waals surface area (Å²) in [5.41, 5.74) is 2.65. The number of nitrogens with zero attached hydrogens (tertiary/aromatic N) is 6. The second-order valence-electron chi connectivity index (χ2n) is 7.33. The number of anilines is 1. The minimum atomic E-state index is 0.228. The number of aromatic nitrogens is 5. The first-order chi connectivity index (χ1) is 13.7. The van der Waals surface area contributed by atoms with Gasteiger partial charge in [0.25, 0.3) is 0 Å². The van der Waals surface area contributed by atoms with E-state index in [4.69, 9.17) is 9.97 Å². The number of pyridine rings is 1. The molecule has 3 aromatic rings. The van der Waals surface area contributed by atoms with Crippen LogP contribution in [0.1, 0.15) is 25.0 Å². The maximum Gasteiger partial charge on any atom is 0.164 e. The van der Waals surface area contributed by atoms with E-state index in [0.717, 1.165) is 54.2 Å². The van der Waals surface area contributed by atoms with Crippen LogP contribution in [0.2, 0.25) is 0 Å². The van der Waals surface area contributed by atoms with Gasteiger partial charge in [-0.15, -0.1) is 0 Å². The number of fused-ring (bicyclic) bond motifs is 1. The molecule has 0 bridgehead atoms. The molecule has 0 unspecified atom stereocenters. The lowest BCUT2D eigenvalue weighted by molar-refractivity contribution is 0.0940. The first-order valence-electron chi connectivity index (χ1n) is 9.88. The summed E-state index contributed by atoms with van der Waals surface area (Å²) in [6.45, 7) is 4.88. The molecule has 0 saturated carbocycles. The summed E-state index contributed by atoms with van der Waals surface area (Å²) in [6, 6.07) is 4.09. The second-order valence-corrected chi connectivity index (χ2v) is 7.33. The van der Waals surface area contributed by atoms with Crippen LogP contribution >= 0.6 is 0 Å². The molecule has 1 fully saturated rings. The van der Waals surface area contributed by atoms with Crippen LogP contribution in [-0.2, 0) is 7.05 Å². The Kier molecular flexibility index (Phi) is 5.50. The fourth-order valence-corrected chi connectivity index (χ4v) is 3.98. The summed E-state index contributed by atoms with van der Waals surface area (Å²) in [5, 5.41) is 18.6. The largest absolute Gasteiger partial charge is 0.395 e. The monoisotopic (exact) mass is 381 g/mol. The van der Waals surface area contributed by atoms with Crippen molar-refractivity contribution >= 4 is 16.9 Å². The lowest BCUT2D eigenvalue weighted by atomic mass is 10.0. The maximum atomic E-state index is 9.62. The highest BCUT2D eigenvalue weighted by Gasteiger charge is 2.21. The third-order valence-electron chi connectivity index (χ3n) is 5.45. The number of piperidine rings is 1. The molecular formula is C20H27N7O. The fraction of sp³-hybridized carbons (Fsp3) is 0.500. The van der Waals surface area contributed by atoms with Crippen molar-refractivity contribution in [3.8, 4) is 11.4 Å². The summed E-state index contributed by atoms with van der Waals surface area (Å²) < 4.78 is 1.80. The molecule has 4 heterocycles. The predicted octanol–water partition coefficient (Wildman–Crippen LogP) is 1.99. The molecular weight excluding hydrogens is 354 g/mol. The highest BCUT2D eigenvalue weighted by Crippen LogP contribution is 2.27. The van der Waals surface area contributed by atoms with Crippen molar-refractivity contribution in [3.63, 3.8) is 0 Å². The van der Waals surface area contributed by atoms with E-state index in [1.165, 1.54) is 12.8 Å². The minimum absolute atomic E-state index is 0.228. The Morgan fingerprint density at radius 1 is 1.21 bits per heavy atom. The van der Waals surface area contributed by atoms with Crippen molar-refractivity contribution < 1.29 is 5.11 Å². The number of rotatable bonds is 6. The van der Waals surface area contributed by atoms with Crippen LogP contribution in [0.25, 0.3) is 22.4 Å². The van der Waals surface area contributed by atoms with E-state index in [9.17, 15) is 5.11 Å². The summed E-state index contributed by atoms with van der Waals surface area (Å²) in [4.78, 5) is 16.0. The molecule has 8 nitrogen and oxygen atoms in total. The lowest BCUT2D eigenvalue weighted by Crippen LogP contribution is -2.44. The van der Waals surface area contributed by atoms with Crippen LogP contribution in [0.15, 0.2) is 24.5 Å². The predicted molar refractivity (Wildman–Crippen MR) is 109 cm³/mol. The van der Waals surface area contributed by atoms with Crippen molar-refractivity contribution in [3.05, 3.63) is 30.2 Å². The Labute approximate surface area is 164 Å². The van der Waals surface area contributed by atoms with Gasteiger partial charge in [-0.25, -0.2) is 9.97 Å². The summed E-state index contributed by atoms with van der Waals surface area (Å²) in [7, 11) is 1.90. The highest BCUT2D eigenvalue weighted by molar-refractivity contribution is 5.90. The van der Waals surface area contributed by atoms with E-state index in [-0.39, 0.29) is 12.6 Å². The number of aryl methyl sites for hydroxylation is 2. The molecule has 2 N–H and O–H groups in total. The Bertz CT molecular complexity index is 941. The molecule has 148 valence electrons. The average Bonchev–Trinajstić information content (AvgIpc) is 3.02. The van der Waals surface area contributed by atoms with Gasteiger partial charge in [0, 0.05) is 44.1 Å². The van der Waals surface area contributed by atoms with E-state index >= 15 is 0 Å². The van der Waals surface area contributed by atoms with Gasteiger partial charge < -0.3 is 10.4 Å². The van der Waals surface area contributed by atoms with Crippen LogP contribution in [0, 0.1) is 6.92 Å². The molecule has 0 aliphatic carbocycles. The van der Waals surface area contributed by atoms with Crippen molar-refractivity contribution in [2.75, 3.05) is 31.6 Å². The number of hydrogen-bond donors (Lipinski definition) is 2. The number of likely N-dealkylation sites (tertiary alicyclic amines) is 1. The number of aliphatic hydroxyl groups excluding tert-OH is 1. The zero-order valence-corrected chi connectivity index (χ0v) is 16.5. The van der Waals surface area contributed by atoms with E-state index in [0.29, 0.717) is 5.82 Å². The van der Waals surface area contributed by atoms with Crippen molar-refractivity contribution in [2.45, 2.75) is 32.2 Å². The van der Waals surface area contributed by atoms with Crippen molar-refractivity contribution in [1.82, 2.24) is 29.6 Å². The number of aliphatic hydroxyl groups is 1. The molecule has 8 heteroatoms. The maximum absolute atomic E-state index is 9.62. The van der Waals surface area contributed by atoms with Gasteiger partial charge in [0.2, 0.25) is 0 Å². The second kappa shape index (κ2) is 8.20.